The van der Waals surface area contributed by atoms with Crippen LogP contribution in [-0.2, 0) is 6.37 Å². The lowest BCUT2D eigenvalue weighted by Gasteiger charge is -2.18. The highest BCUT2D eigenvalue weighted by atomic mass is 14.3. The van der Waals surface area contributed by atoms with E-state index in [0.29, 0.717) is 5.56 Å². The van der Waals surface area contributed by atoms with Crippen molar-refractivity contribution in [1.82, 2.24) is 0 Å². The van der Waals surface area contributed by atoms with Crippen LogP contribution in [0.4, 0.5) is 0 Å². The van der Waals surface area contributed by atoms with E-state index in [4.69, 9.17) is 8.15 Å². The van der Waals surface area contributed by atoms with Crippen molar-refractivity contribution in [2.45, 2.75) is 34.1 Å². The highest BCUT2D eigenvalue weighted by molar-refractivity contribution is 6.09. The predicted molar refractivity (Wildman–Crippen MR) is 106 cm³/mol. The van der Waals surface area contributed by atoms with Crippen LogP contribution in [-0.4, -0.2) is 6.21 Å². The second-order valence-electron chi connectivity index (χ2n) is 6.93. The molecule has 0 aliphatic rings. The third kappa shape index (κ3) is 5.34. The van der Waals surface area contributed by atoms with Gasteiger partial charge in [-0.2, -0.15) is 0 Å². The molecule has 0 unspecified atom stereocenters. The summed E-state index contributed by atoms with van der Waals surface area (Å²) < 4.78 is 16.7. The summed E-state index contributed by atoms with van der Waals surface area (Å²) in [5.74, 6) is 0. The Hall–Kier alpha value is -2.41. The van der Waals surface area contributed by atoms with Crippen LogP contribution in [0, 0.1) is 10.8 Å². The molecule has 2 rings (SSSR count). The summed E-state index contributed by atoms with van der Waals surface area (Å²) in [6, 6.07) is 17.6. The highest BCUT2D eigenvalue weighted by Crippen LogP contribution is 2.22. The highest BCUT2D eigenvalue weighted by Gasteiger charge is 2.11. The molecule has 1 N–H and O–H groups in total. The summed E-state index contributed by atoms with van der Waals surface area (Å²) in [5, 5.41) is 7.73. The molecule has 1 nitrogen and oxygen atoms in total. The first-order valence-corrected chi connectivity index (χ1v) is 8.22. The molecule has 0 aliphatic heterocycles. The molecule has 0 saturated carbocycles. The molecule has 0 amide bonds. The van der Waals surface area contributed by atoms with E-state index >= 15 is 0 Å². The van der Waals surface area contributed by atoms with E-state index in [9.17, 15) is 0 Å². The van der Waals surface area contributed by atoms with Crippen LogP contribution >= 0.6 is 0 Å². The summed E-state index contributed by atoms with van der Waals surface area (Å²) >= 11 is 0. The first kappa shape index (κ1) is 15.1. The Kier molecular flexibility index (Phi) is 4.99. The Labute approximate surface area is 149 Å². The van der Waals surface area contributed by atoms with Gasteiger partial charge in [-0.1, -0.05) is 87.5 Å². The number of hydrogen-bond acceptors (Lipinski definition) is 1. The van der Waals surface area contributed by atoms with Crippen molar-refractivity contribution < 1.29 is 2.74 Å². The lowest BCUT2D eigenvalue weighted by atomic mass is 9.87. The predicted octanol–water partition coefficient (Wildman–Crippen LogP) is 6.41. The molecule has 2 aromatic rings. The van der Waals surface area contributed by atoms with Crippen LogP contribution in [0.5, 0.6) is 0 Å². The first-order valence-electron chi connectivity index (χ1n) is 9.22. The van der Waals surface area contributed by atoms with E-state index < -0.39 is 11.8 Å². The van der Waals surface area contributed by atoms with E-state index in [1.165, 1.54) is 6.21 Å². The third-order valence-corrected chi connectivity index (χ3v) is 3.64. The number of rotatable bonds is 5. The maximum atomic E-state index is 8.37. The van der Waals surface area contributed by atoms with Crippen molar-refractivity contribution >= 4 is 17.4 Å². The molecule has 124 valence electrons. The van der Waals surface area contributed by atoms with Crippen LogP contribution in [0.1, 0.15) is 47.1 Å². The number of benzene rings is 2. The van der Waals surface area contributed by atoms with Crippen LogP contribution in [0.2, 0.25) is 0 Å². The zero-order chi connectivity index (χ0) is 19.4. The zero-order valence-electron chi connectivity index (χ0n) is 16.9. The van der Waals surface area contributed by atoms with Gasteiger partial charge >= 0.3 is 0 Å². The van der Waals surface area contributed by atoms with Gasteiger partial charge in [-0.3, -0.25) is 0 Å². The Balaban J connectivity index is 2.30. The molecule has 0 bridgehead atoms. The molecule has 0 atom stereocenters. The molecule has 0 spiro atoms. The molecule has 2 aromatic carbocycles. The van der Waals surface area contributed by atoms with E-state index in [-0.39, 0.29) is 0 Å². The van der Waals surface area contributed by atoms with Crippen molar-refractivity contribution in [3.63, 3.8) is 0 Å². The fraction of sp³-hybridized carbons (Fsp3) is 0.261. The van der Waals surface area contributed by atoms with Crippen LogP contribution in [0.25, 0.3) is 11.1 Å². The first-order chi connectivity index (χ1) is 12.2. The van der Waals surface area contributed by atoms with Crippen LogP contribution in [0.15, 0.2) is 66.7 Å². The molecule has 0 aromatic heterocycles. The van der Waals surface area contributed by atoms with Gasteiger partial charge < -0.3 is 5.41 Å². The van der Waals surface area contributed by atoms with Crippen LogP contribution in [0.3, 0.4) is 0 Å². The largest absolute Gasteiger partial charge is 0.308 e. The average molecular weight is 319 g/mol. The summed E-state index contributed by atoms with van der Waals surface area (Å²) in [7, 11) is 0. The second-order valence-corrected chi connectivity index (χ2v) is 6.93. The second kappa shape index (κ2) is 7.92. The smallest absolute Gasteiger partial charge is 0.0321 e. The molecular formula is C23H27N. The number of nitrogens with one attached hydrogen (secondary N) is 1. The van der Waals surface area contributed by atoms with Gasteiger partial charge in [0.2, 0.25) is 0 Å². The van der Waals surface area contributed by atoms with Gasteiger partial charge in [-0.15, -0.1) is 0 Å². The quantitative estimate of drug-likeness (QED) is 0.486. The van der Waals surface area contributed by atoms with E-state index in [1.807, 2.05) is 82.3 Å². The summed E-state index contributed by atoms with van der Waals surface area (Å²) in [6.45, 7) is 7.76. The Morgan fingerprint density at radius 1 is 0.958 bits per heavy atom. The maximum absolute atomic E-state index is 8.37. The number of allylic oxidation sites excluding steroid dienone is 4. The van der Waals surface area contributed by atoms with Crippen molar-refractivity contribution in [3.8, 4) is 0 Å². The Morgan fingerprint density at radius 2 is 1.58 bits per heavy atom. The van der Waals surface area contributed by atoms with Gasteiger partial charge in [-0.05, 0) is 46.5 Å². The lowest BCUT2D eigenvalue weighted by Crippen LogP contribution is -2.08. The Morgan fingerprint density at radius 3 is 2.12 bits per heavy atom. The molecule has 0 saturated heterocycles. The minimum absolute atomic E-state index is 0.482. The minimum atomic E-state index is -1.41. The summed E-state index contributed by atoms with van der Waals surface area (Å²) in [4.78, 5) is 0. The van der Waals surface area contributed by atoms with Gasteiger partial charge in [0.05, 0.1) is 0 Å². The SMILES string of the molecule is [2H]C([2H])(c1ccc(/C(C=N)=C/C=C(\C)c2ccccc2)cc1)C(C)(C)C. The van der Waals surface area contributed by atoms with Gasteiger partial charge in [-0.25, -0.2) is 0 Å². The molecule has 0 heterocycles. The van der Waals surface area contributed by atoms with Gasteiger partial charge in [0.1, 0.15) is 0 Å². The van der Waals surface area contributed by atoms with Crippen molar-refractivity contribution in [3.05, 3.63) is 83.4 Å². The fourth-order valence-electron chi connectivity index (χ4n) is 2.42. The van der Waals surface area contributed by atoms with Gasteiger partial charge in [0, 0.05) is 8.96 Å². The van der Waals surface area contributed by atoms with E-state index in [1.54, 1.807) is 0 Å². The average Bonchev–Trinajstić information content (AvgIpc) is 2.62. The molecule has 0 aliphatic carbocycles. The molecule has 0 fully saturated rings. The standard InChI is InChI=1S/C23H27N/c1-18(20-8-6-5-7-9-20)10-13-22(17-24)21-14-11-19(12-15-21)16-23(2,3)4/h5-15,17,24H,16H2,1-4H3/b18-10+,22-13+,24-17?/i16D2. The minimum Gasteiger partial charge on any atom is -0.308 e. The fourth-order valence-corrected chi connectivity index (χ4v) is 2.42. The van der Waals surface area contributed by atoms with E-state index in [0.717, 1.165) is 22.3 Å². The maximum Gasteiger partial charge on any atom is 0.0321 e. The molecule has 24 heavy (non-hydrogen) atoms. The molecule has 1 heteroatoms. The lowest BCUT2D eigenvalue weighted by molar-refractivity contribution is 0.411. The van der Waals surface area contributed by atoms with Crippen molar-refractivity contribution in [2.75, 3.05) is 0 Å². The topological polar surface area (TPSA) is 23.9 Å². The summed E-state index contributed by atoms with van der Waals surface area (Å²) in [5.41, 5.74) is 4.17. The van der Waals surface area contributed by atoms with Crippen molar-refractivity contribution in [2.24, 2.45) is 5.41 Å². The van der Waals surface area contributed by atoms with E-state index in [2.05, 4.69) is 12.1 Å². The Bertz CT molecular complexity index is 808. The number of hydrogen-bond donors (Lipinski definition) is 1. The summed E-state index contributed by atoms with van der Waals surface area (Å²) in [6.07, 6.45) is 3.87. The van der Waals surface area contributed by atoms with Crippen molar-refractivity contribution in [1.29, 1.82) is 5.41 Å². The normalized spacial score (nSPS) is 14.8. The van der Waals surface area contributed by atoms with Crippen LogP contribution < -0.4 is 0 Å². The zero-order valence-corrected chi connectivity index (χ0v) is 14.9. The molecular weight excluding hydrogens is 290 g/mol. The molecule has 0 radical (unpaired) electrons. The third-order valence-electron chi connectivity index (χ3n) is 3.64. The monoisotopic (exact) mass is 319 g/mol. The van der Waals surface area contributed by atoms with Gasteiger partial charge in [0.25, 0.3) is 0 Å². The van der Waals surface area contributed by atoms with Gasteiger partial charge in [0.15, 0.2) is 0 Å².